The SMILES string of the molecule is CCN1CCN(C(=O)CNc2ccccc2C(F)(F)F)CC1. The molecule has 7 heteroatoms. The lowest BCUT2D eigenvalue weighted by Crippen LogP contribution is -2.49. The number of amides is 1. The molecule has 1 amide bonds. The molecule has 1 heterocycles. The van der Waals surface area contributed by atoms with Crippen molar-refractivity contribution in [1.82, 2.24) is 9.80 Å². The summed E-state index contributed by atoms with van der Waals surface area (Å²) < 4.78 is 38.6. The number of hydrogen-bond donors (Lipinski definition) is 1. The Kier molecular flexibility index (Phi) is 5.28. The van der Waals surface area contributed by atoms with Gasteiger partial charge in [-0.25, -0.2) is 0 Å². The summed E-state index contributed by atoms with van der Waals surface area (Å²) in [6, 6.07) is 5.19. The molecule has 0 atom stereocenters. The summed E-state index contributed by atoms with van der Waals surface area (Å²) in [6.07, 6.45) is -4.43. The van der Waals surface area contributed by atoms with Crippen molar-refractivity contribution in [3.8, 4) is 0 Å². The predicted molar refractivity (Wildman–Crippen MR) is 78.6 cm³/mol. The molecule has 1 aromatic rings. The zero-order valence-corrected chi connectivity index (χ0v) is 12.5. The van der Waals surface area contributed by atoms with Crippen molar-refractivity contribution in [2.75, 3.05) is 44.6 Å². The molecule has 0 aromatic heterocycles. The highest BCUT2D eigenvalue weighted by atomic mass is 19.4. The van der Waals surface area contributed by atoms with Gasteiger partial charge in [-0.3, -0.25) is 4.79 Å². The second-order valence-electron chi connectivity index (χ2n) is 5.21. The van der Waals surface area contributed by atoms with E-state index in [9.17, 15) is 18.0 Å². The maximum Gasteiger partial charge on any atom is 0.418 e. The number of nitrogens with zero attached hydrogens (tertiary/aromatic N) is 2. The number of alkyl halides is 3. The fourth-order valence-corrected chi connectivity index (χ4v) is 2.48. The lowest BCUT2D eigenvalue weighted by atomic mass is 10.1. The highest BCUT2D eigenvalue weighted by Gasteiger charge is 2.33. The molecule has 1 aromatic carbocycles. The first-order chi connectivity index (χ1) is 10.4. The van der Waals surface area contributed by atoms with Crippen LogP contribution >= 0.6 is 0 Å². The fourth-order valence-electron chi connectivity index (χ4n) is 2.48. The third-order valence-electron chi connectivity index (χ3n) is 3.83. The van der Waals surface area contributed by atoms with E-state index in [0.717, 1.165) is 25.7 Å². The predicted octanol–water partition coefficient (Wildman–Crippen LogP) is 2.28. The van der Waals surface area contributed by atoms with E-state index >= 15 is 0 Å². The minimum Gasteiger partial charge on any atom is -0.376 e. The zero-order chi connectivity index (χ0) is 16.2. The lowest BCUT2D eigenvalue weighted by Gasteiger charge is -2.34. The summed E-state index contributed by atoms with van der Waals surface area (Å²) in [6.45, 7) is 5.73. The average Bonchev–Trinajstić information content (AvgIpc) is 2.52. The first-order valence-corrected chi connectivity index (χ1v) is 7.32. The van der Waals surface area contributed by atoms with Crippen molar-refractivity contribution >= 4 is 11.6 Å². The van der Waals surface area contributed by atoms with Crippen molar-refractivity contribution in [1.29, 1.82) is 0 Å². The fraction of sp³-hybridized carbons (Fsp3) is 0.533. The standard InChI is InChI=1S/C15H20F3N3O/c1-2-20-7-9-21(10-8-20)14(22)11-19-13-6-4-3-5-12(13)15(16,17)18/h3-6,19H,2,7-11H2,1H3. The van der Waals surface area contributed by atoms with Gasteiger partial charge in [0.15, 0.2) is 0 Å². The second-order valence-corrected chi connectivity index (χ2v) is 5.21. The Morgan fingerprint density at radius 2 is 1.82 bits per heavy atom. The van der Waals surface area contributed by atoms with Crippen LogP contribution in [-0.2, 0) is 11.0 Å². The Balaban J connectivity index is 1.92. The minimum atomic E-state index is -4.43. The number of carbonyl (C=O) groups is 1. The van der Waals surface area contributed by atoms with Crippen LogP contribution < -0.4 is 5.32 Å². The number of nitrogens with one attached hydrogen (secondary N) is 1. The number of carbonyl (C=O) groups excluding carboxylic acids is 1. The Morgan fingerprint density at radius 1 is 1.18 bits per heavy atom. The number of hydrogen-bond acceptors (Lipinski definition) is 3. The lowest BCUT2D eigenvalue weighted by molar-refractivity contribution is -0.137. The molecular weight excluding hydrogens is 295 g/mol. The van der Waals surface area contributed by atoms with Crippen LogP contribution in [0.1, 0.15) is 12.5 Å². The maximum absolute atomic E-state index is 12.9. The van der Waals surface area contributed by atoms with Gasteiger partial charge in [0.25, 0.3) is 0 Å². The van der Waals surface area contributed by atoms with Crippen LogP contribution in [-0.4, -0.2) is 55.0 Å². The van der Waals surface area contributed by atoms with E-state index in [2.05, 4.69) is 17.1 Å². The number of likely N-dealkylation sites (N-methyl/N-ethyl adjacent to an activating group) is 1. The maximum atomic E-state index is 12.9. The van der Waals surface area contributed by atoms with Crippen LogP contribution in [0, 0.1) is 0 Å². The number of para-hydroxylation sites is 1. The van der Waals surface area contributed by atoms with Crippen molar-refractivity contribution in [2.24, 2.45) is 0 Å². The zero-order valence-electron chi connectivity index (χ0n) is 12.5. The van der Waals surface area contributed by atoms with Crippen molar-refractivity contribution < 1.29 is 18.0 Å². The van der Waals surface area contributed by atoms with Crippen molar-refractivity contribution in [2.45, 2.75) is 13.1 Å². The van der Waals surface area contributed by atoms with Crippen molar-refractivity contribution in [3.63, 3.8) is 0 Å². The number of piperazine rings is 1. The largest absolute Gasteiger partial charge is 0.418 e. The molecule has 0 spiro atoms. The van der Waals surface area contributed by atoms with E-state index in [1.165, 1.54) is 18.2 Å². The van der Waals surface area contributed by atoms with Crippen LogP contribution in [0.4, 0.5) is 18.9 Å². The molecule has 2 rings (SSSR count). The molecule has 0 saturated carbocycles. The van der Waals surface area contributed by atoms with Crippen LogP contribution in [0.2, 0.25) is 0 Å². The van der Waals surface area contributed by atoms with E-state index in [-0.39, 0.29) is 18.1 Å². The molecule has 0 unspecified atom stereocenters. The van der Waals surface area contributed by atoms with E-state index in [4.69, 9.17) is 0 Å². The smallest absolute Gasteiger partial charge is 0.376 e. The van der Waals surface area contributed by atoms with Gasteiger partial charge in [-0.15, -0.1) is 0 Å². The molecule has 1 aliphatic heterocycles. The molecule has 1 aliphatic rings. The number of halogens is 3. The van der Waals surface area contributed by atoms with E-state index in [0.29, 0.717) is 13.1 Å². The summed E-state index contributed by atoms with van der Waals surface area (Å²) in [5.74, 6) is -0.173. The van der Waals surface area contributed by atoms with E-state index in [1.54, 1.807) is 4.90 Å². The first kappa shape index (κ1) is 16.6. The van der Waals surface area contributed by atoms with Gasteiger partial charge in [0.2, 0.25) is 5.91 Å². The van der Waals surface area contributed by atoms with Gasteiger partial charge in [0.1, 0.15) is 0 Å². The van der Waals surface area contributed by atoms with Crippen LogP contribution in [0.3, 0.4) is 0 Å². The Labute approximate surface area is 127 Å². The monoisotopic (exact) mass is 315 g/mol. The molecule has 0 bridgehead atoms. The molecule has 0 aliphatic carbocycles. The average molecular weight is 315 g/mol. The van der Waals surface area contributed by atoms with E-state index in [1.807, 2.05) is 0 Å². The Bertz CT molecular complexity index is 511. The molecule has 1 fully saturated rings. The normalized spacial score (nSPS) is 16.6. The first-order valence-electron chi connectivity index (χ1n) is 7.32. The van der Waals surface area contributed by atoms with Gasteiger partial charge in [-0.1, -0.05) is 19.1 Å². The molecule has 22 heavy (non-hydrogen) atoms. The summed E-state index contributed by atoms with van der Waals surface area (Å²) in [7, 11) is 0. The number of benzene rings is 1. The highest BCUT2D eigenvalue weighted by molar-refractivity contribution is 5.81. The van der Waals surface area contributed by atoms with Gasteiger partial charge < -0.3 is 15.1 Å². The third-order valence-corrected chi connectivity index (χ3v) is 3.83. The second kappa shape index (κ2) is 7.00. The van der Waals surface area contributed by atoms with Gasteiger partial charge in [0.05, 0.1) is 12.1 Å². The molecule has 0 radical (unpaired) electrons. The van der Waals surface area contributed by atoms with Gasteiger partial charge in [-0.2, -0.15) is 13.2 Å². The van der Waals surface area contributed by atoms with E-state index < -0.39 is 11.7 Å². The topological polar surface area (TPSA) is 35.6 Å². The van der Waals surface area contributed by atoms with Crippen molar-refractivity contribution in [3.05, 3.63) is 29.8 Å². The summed E-state index contributed by atoms with van der Waals surface area (Å²) in [5, 5.41) is 2.62. The number of anilines is 1. The summed E-state index contributed by atoms with van der Waals surface area (Å²) in [5.41, 5.74) is -0.811. The van der Waals surface area contributed by atoms with Gasteiger partial charge in [0, 0.05) is 31.9 Å². The quantitative estimate of drug-likeness (QED) is 0.926. The number of rotatable bonds is 4. The summed E-state index contributed by atoms with van der Waals surface area (Å²) in [4.78, 5) is 16.0. The molecule has 1 N–H and O–H groups in total. The van der Waals surface area contributed by atoms with Crippen LogP contribution in [0.5, 0.6) is 0 Å². The molecule has 122 valence electrons. The van der Waals surface area contributed by atoms with Gasteiger partial charge >= 0.3 is 6.18 Å². The third kappa shape index (κ3) is 4.13. The van der Waals surface area contributed by atoms with Gasteiger partial charge in [-0.05, 0) is 18.7 Å². The van der Waals surface area contributed by atoms with Crippen LogP contribution in [0.15, 0.2) is 24.3 Å². The highest BCUT2D eigenvalue weighted by Crippen LogP contribution is 2.34. The molecule has 4 nitrogen and oxygen atoms in total. The minimum absolute atomic E-state index is 0.0597. The molecular formula is C15H20F3N3O. The molecule has 1 saturated heterocycles. The Morgan fingerprint density at radius 3 is 2.41 bits per heavy atom. The Hall–Kier alpha value is -1.76. The summed E-state index contributed by atoms with van der Waals surface area (Å²) >= 11 is 0. The van der Waals surface area contributed by atoms with Crippen LogP contribution in [0.25, 0.3) is 0 Å².